The summed E-state index contributed by atoms with van der Waals surface area (Å²) in [5.74, 6) is 0.527. The van der Waals surface area contributed by atoms with Crippen molar-refractivity contribution in [2.24, 2.45) is 0 Å². The zero-order valence-corrected chi connectivity index (χ0v) is 9.46. The van der Waals surface area contributed by atoms with Gasteiger partial charge < -0.3 is 10.6 Å². The molecule has 1 aromatic heterocycles. The zero-order chi connectivity index (χ0) is 12.8. The predicted octanol–water partition coefficient (Wildman–Crippen LogP) is 1.31. The van der Waals surface area contributed by atoms with E-state index in [1.807, 2.05) is 13.0 Å². The molecule has 0 atom stereocenters. The molecule has 17 heavy (non-hydrogen) atoms. The van der Waals surface area contributed by atoms with Crippen LogP contribution < -0.4 is 10.6 Å². The molecule has 0 aliphatic rings. The molecule has 0 amide bonds. The highest BCUT2D eigenvalue weighted by Gasteiger charge is 2.13. The Morgan fingerprint density at radius 3 is 2.88 bits per heavy atom. The van der Waals surface area contributed by atoms with Crippen LogP contribution in [0.3, 0.4) is 0 Å². The summed E-state index contributed by atoms with van der Waals surface area (Å²) in [5.41, 5.74) is 5.42. The maximum atomic E-state index is 10.7. The number of nitrogen functional groups attached to an aromatic ring is 1. The Labute approximate surface area is 98.6 Å². The third-order valence-corrected chi connectivity index (χ3v) is 2.23. The number of nitrogens with two attached hydrogens (primary N) is 1. The lowest BCUT2D eigenvalue weighted by Gasteiger charge is -2.20. The van der Waals surface area contributed by atoms with Crippen LogP contribution in [-0.4, -0.2) is 23.0 Å². The third-order valence-electron chi connectivity index (χ3n) is 2.23. The summed E-state index contributed by atoms with van der Waals surface area (Å²) in [6.45, 7) is 2.96. The molecular formula is C10H13N5O2. The summed E-state index contributed by atoms with van der Waals surface area (Å²) in [6.07, 6.45) is 0.331. The normalized spacial score (nSPS) is 9.65. The average molecular weight is 235 g/mol. The Morgan fingerprint density at radius 1 is 1.65 bits per heavy atom. The van der Waals surface area contributed by atoms with Crippen molar-refractivity contribution in [3.63, 3.8) is 0 Å². The maximum Gasteiger partial charge on any atom is 0.276 e. The second-order valence-electron chi connectivity index (χ2n) is 3.35. The van der Waals surface area contributed by atoms with Crippen LogP contribution in [0.1, 0.15) is 13.3 Å². The Kier molecular flexibility index (Phi) is 4.22. The Bertz CT molecular complexity index is 454. The number of hydrogen-bond donors (Lipinski definition) is 1. The molecule has 0 bridgehead atoms. The SMILES string of the molecule is CCN(CCC#N)c1cc([N+](=O)[O-])cc(N)n1. The number of pyridine rings is 1. The van der Waals surface area contributed by atoms with E-state index in [2.05, 4.69) is 4.98 Å². The van der Waals surface area contributed by atoms with Crippen molar-refractivity contribution in [1.29, 1.82) is 5.26 Å². The first-order valence-corrected chi connectivity index (χ1v) is 5.12. The van der Waals surface area contributed by atoms with E-state index in [1.165, 1.54) is 12.1 Å². The number of aromatic nitrogens is 1. The average Bonchev–Trinajstić information content (AvgIpc) is 2.29. The zero-order valence-electron chi connectivity index (χ0n) is 9.46. The van der Waals surface area contributed by atoms with E-state index in [1.54, 1.807) is 4.90 Å². The van der Waals surface area contributed by atoms with Crippen molar-refractivity contribution < 1.29 is 4.92 Å². The summed E-state index contributed by atoms with van der Waals surface area (Å²) < 4.78 is 0. The van der Waals surface area contributed by atoms with Gasteiger partial charge in [-0.3, -0.25) is 10.1 Å². The van der Waals surface area contributed by atoms with E-state index in [4.69, 9.17) is 11.0 Å². The van der Waals surface area contributed by atoms with Gasteiger partial charge in [-0.15, -0.1) is 0 Å². The van der Waals surface area contributed by atoms with E-state index in [0.29, 0.717) is 25.3 Å². The van der Waals surface area contributed by atoms with Gasteiger partial charge in [0.1, 0.15) is 11.6 Å². The molecule has 0 saturated heterocycles. The van der Waals surface area contributed by atoms with E-state index >= 15 is 0 Å². The predicted molar refractivity (Wildman–Crippen MR) is 63.4 cm³/mol. The van der Waals surface area contributed by atoms with Gasteiger partial charge in [-0.1, -0.05) is 0 Å². The lowest BCUT2D eigenvalue weighted by molar-refractivity contribution is -0.384. The first kappa shape index (κ1) is 12.7. The molecule has 0 radical (unpaired) electrons. The number of nitriles is 1. The lowest BCUT2D eigenvalue weighted by atomic mass is 10.3. The van der Waals surface area contributed by atoms with Crippen molar-refractivity contribution in [3.8, 4) is 6.07 Å². The largest absolute Gasteiger partial charge is 0.383 e. The summed E-state index contributed by atoms with van der Waals surface area (Å²) in [5, 5.41) is 19.2. The molecule has 7 heteroatoms. The molecule has 0 saturated carbocycles. The Hall–Kier alpha value is -2.36. The van der Waals surface area contributed by atoms with Crippen LogP contribution in [0.4, 0.5) is 17.3 Å². The monoisotopic (exact) mass is 235 g/mol. The number of nitrogens with zero attached hydrogens (tertiary/aromatic N) is 4. The van der Waals surface area contributed by atoms with Gasteiger partial charge >= 0.3 is 0 Å². The van der Waals surface area contributed by atoms with Crippen LogP contribution in [0.15, 0.2) is 12.1 Å². The van der Waals surface area contributed by atoms with Crippen molar-refractivity contribution in [3.05, 3.63) is 22.2 Å². The fraction of sp³-hybridized carbons (Fsp3) is 0.400. The molecule has 0 unspecified atom stereocenters. The van der Waals surface area contributed by atoms with Gasteiger partial charge in [0, 0.05) is 13.1 Å². The van der Waals surface area contributed by atoms with E-state index < -0.39 is 4.92 Å². The van der Waals surface area contributed by atoms with Gasteiger partial charge in [0.25, 0.3) is 5.69 Å². The van der Waals surface area contributed by atoms with Gasteiger partial charge in [-0.25, -0.2) is 4.98 Å². The fourth-order valence-electron chi connectivity index (χ4n) is 1.41. The minimum atomic E-state index is -0.514. The van der Waals surface area contributed by atoms with Crippen LogP contribution in [-0.2, 0) is 0 Å². The molecule has 0 aliphatic carbocycles. The second-order valence-corrected chi connectivity index (χ2v) is 3.35. The van der Waals surface area contributed by atoms with Crippen molar-refractivity contribution in [2.75, 3.05) is 23.7 Å². The number of anilines is 2. The third kappa shape index (κ3) is 3.31. The molecule has 1 rings (SSSR count). The minimum Gasteiger partial charge on any atom is -0.383 e. The molecule has 7 nitrogen and oxygen atoms in total. The Balaban J connectivity index is 3.03. The lowest BCUT2D eigenvalue weighted by Crippen LogP contribution is -2.25. The van der Waals surface area contributed by atoms with Crippen LogP contribution in [0.25, 0.3) is 0 Å². The highest BCUT2D eigenvalue weighted by Crippen LogP contribution is 2.21. The Morgan fingerprint density at radius 2 is 2.35 bits per heavy atom. The van der Waals surface area contributed by atoms with E-state index in [0.717, 1.165) is 0 Å². The molecule has 1 heterocycles. The minimum absolute atomic E-state index is 0.0945. The molecule has 0 aliphatic heterocycles. The molecule has 0 aromatic carbocycles. The molecule has 0 fully saturated rings. The standard InChI is InChI=1S/C10H13N5O2/c1-2-14(5-3-4-11)10-7-8(15(16)17)6-9(12)13-10/h6-7H,2-3,5H2,1H3,(H2,12,13). The first-order chi connectivity index (χ1) is 8.08. The highest BCUT2D eigenvalue weighted by atomic mass is 16.6. The van der Waals surface area contributed by atoms with Gasteiger partial charge in [0.05, 0.1) is 29.5 Å². The maximum absolute atomic E-state index is 10.7. The number of hydrogen-bond acceptors (Lipinski definition) is 6. The van der Waals surface area contributed by atoms with E-state index in [9.17, 15) is 10.1 Å². The quantitative estimate of drug-likeness (QED) is 0.608. The molecule has 1 aromatic rings. The number of nitro groups is 1. The highest BCUT2D eigenvalue weighted by molar-refractivity contribution is 5.54. The smallest absolute Gasteiger partial charge is 0.276 e. The summed E-state index contributed by atoms with van der Waals surface area (Å²) >= 11 is 0. The van der Waals surface area contributed by atoms with Gasteiger partial charge in [-0.2, -0.15) is 5.26 Å². The molecule has 2 N–H and O–H groups in total. The van der Waals surface area contributed by atoms with Crippen molar-refractivity contribution in [2.45, 2.75) is 13.3 Å². The number of rotatable bonds is 5. The topological polar surface area (TPSA) is 109 Å². The summed E-state index contributed by atoms with van der Waals surface area (Å²) in [6, 6.07) is 4.59. The summed E-state index contributed by atoms with van der Waals surface area (Å²) in [7, 11) is 0. The molecule has 90 valence electrons. The fourth-order valence-corrected chi connectivity index (χ4v) is 1.41. The second kappa shape index (κ2) is 5.65. The van der Waals surface area contributed by atoms with Crippen LogP contribution in [0.2, 0.25) is 0 Å². The van der Waals surface area contributed by atoms with Gasteiger partial charge in [-0.05, 0) is 6.92 Å². The first-order valence-electron chi connectivity index (χ1n) is 5.12. The van der Waals surface area contributed by atoms with Crippen LogP contribution in [0, 0.1) is 21.4 Å². The van der Waals surface area contributed by atoms with Crippen molar-refractivity contribution in [1.82, 2.24) is 4.98 Å². The van der Waals surface area contributed by atoms with Crippen molar-refractivity contribution >= 4 is 17.3 Å². The van der Waals surface area contributed by atoms with Crippen LogP contribution >= 0.6 is 0 Å². The molecular weight excluding hydrogens is 222 g/mol. The van der Waals surface area contributed by atoms with Gasteiger partial charge in [0.15, 0.2) is 0 Å². The van der Waals surface area contributed by atoms with E-state index in [-0.39, 0.29) is 11.5 Å². The van der Waals surface area contributed by atoms with Crippen LogP contribution in [0.5, 0.6) is 0 Å². The molecule has 0 spiro atoms. The van der Waals surface area contributed by atoms with Gasteiger partial charge in [0.2, 0.25) is 0 Å². The summed E-state index contributed by atoms with van der Waals surface area (Å²) in [4.78, 5) is 16.0.